The molecule has 2 aromatic heterocycles. The standard InChI is InChI=1S/C17H18F3N5S/c1-7(2)10-5-22-12-6-23-11(4-9(10)12)8(3)16-24-14(17(18,19)20)13(26)15(21)25-16/h4-8,15,22H,21H2,1-3H3. The van der Waals surface area contributed by atoms with Crippen LogP contribution in [0, 0.1) is 0 Å². The van der Waals surface area contributed by atoms with Crippen LogP contribution in [0.1, 0.15) is 43.9 Å². The molecule has 2 aromatic rings. The molecule has 3 heterocycles. The third kappa shape index (κ3) is 3.28. The van der Waals surface area contributed by atoms with Gasteiger partial charge in [-0.05, 0) is 24.5 Å². The molecule has 1 aliphatic heterocycles. The summed E-state index contributed by atoms with van der Waals surface area (Å²) in [4.78, 5) is 14.7. The molecule has 138 valence electrons. The zero-order valence-corrected chi connectivity index (χ0v) is 15.2. The van der Waals surface area contributed by atoms with Crippen LogP contribution in [0.5, 0.6) is 0 Å². The predicted molar refractivity (Wildman–Crippen MR) is 100 cm³/mol. The number of aromatic amines is 1. The van der Waals surface area contributed by atoms with Gasteiger partial charge in [0.1, 0.15) is 12.0 Å². The number of pyridine rings is 1. The number of aliphatic imine (C=N–C) groups is 2. The molecule has 3 rings (SSSR count). The van der Waals surface area contributed by atoms with Crippen LogP contribution in [-0.2, 0) is 0 Å². The van der Waals surface area contributed by atoms with Crippen molar-refractivity contribution in [2.45, 2.75) is 44.9 Å². The first kappa shape index (κ1) is 18.7. The number of alkyl halides is 3. The van der Waals surface area contributed by atoms with E-state index in [4.69, 9.17) is 18.0 Å². The molecule has 0 saturated heterocycles. The van der Waals surface area contributed by atoms with Gasteiger partial charge in [0, 0.05) is 11.6 Å². The maximum Gasteiger partial charge on any atom is 0.434 e. The summed E-state index contributed by atoms with van der Waals surface area (Å²) in [5, 5.41) is 0.980. The summed E-state index contributed by atoms with van der Waals surface area (Å²) in [5.41, 5.74) is 7.07. The molecule has 3 N–H and O–H groups in total. The number of halogens is 3. The maximum absolute atomic E-state index is 13.2. The molecule has 1 aliphatic rings. The van der Waals surface area contributed by atoms with Gasteiger partial charge in [-0.3, -0.25) is 4.98 Å². The van der Waals surface area contributed by atoms with Crippen LogP contribution in [-0.4, -0.2) is 38.7 Å². The van der Waals surface area contributed by atoms with Crippen molar-refractivity contribution in [3.05, 3.63) is 29.7 Å². The van der Waals surface area contributed by atoms with Crippen molar-refractivity contribution < 1.29 is 13.2 Å². The van der Waals surface area contributed by atoms with E-state index in [1.54, 1.807) is 13.1 Å². The molecule has 9 heteroatoms. The van der Waals surface area contributed by atoms with Gasteiger partial charge in [0.15, 0.2) is 5.71 Å². The Hall–Kier alpha value is -2.13. The zero-order valence-electron chi connectivity index (χ0n) is 14.4. The topological polar surface area (TPSA) is 79.4 Å². The Bertz CT molecular complexity index is 926. The fourth-order valence-corrected chi connectivity index (χ4v) is 3.07. The van der Waals surface area contributed by atoms with Crippen molar-refractivity contribution in [2.75, 3.05) is 0 Å². The molecule has 2 unspecified atom stereocenters. The Balaban J connectivity index is 2.03. The number of hydrogen-bond donors (Lipinski definition) is 2. The SMILES string of the molecule is CC(C)c1c[nH]c2cnc(C(C)C3=NC(N)C(=S)C(C(F)(F)F)=N3)cc12. The van der Waals surface area contributed by atoms with E-state index in [1.807, 2.05) is 12.3 Å². The minimum absolute atomic E-state index is 0.0214. The van der Waals surface area contributed by atoms with E-state index in [2.05, 4.69) is 33.8 Å². The number of H-pyrrole nitrogens is 1. The summed E-state index contributed by atoms with van der Waals surface area (Å²) in [6, 6.07) is 1.86. The second-order valence-corrected chi connectivity index (χ2v) is 6.97. The number of nitrogens with one attached hydrogen (secondary N) is 1. The molecular formula is C17H18F3N5S. The third-order valence-corrected chi connectivity index (χ3v) is 4.78. The Labute approximate surface area is 153 Å². The van der Waals surface area contributed by atoms with Crippen LogP contribution in [0.4, 0.5) is 13.2 Å². The number of hydrogen-bond acceptors (Lipinski definition) is 5. The van der Waals surface area contributed by atoms with Gasteiger partial charge in [0.05, 0.1) is 28.2 Å². The second kappa shape index (κ2) is 6.55. The van der Waals surface area contributed by atoms with Gasteiger partial charge in [0.25, 0.3) is 0 Å². The number of rotatable bonds is 3. The van der Waals surface area contributed by atoms with E-state index in [-0.39, 0.29) is 5.84 Å². The lowest BCUT2D eigenvalue weighted by Gasteiger charge is -2.22. The van der Waals surface area contributed by atoms with Gasteiger partial charge in [-0.1, -0.05) is 26.1 Å². The van der Waals surface area contributed by atoms with Crippen LogP contribution in [0.25, 0.3) is 10.9 Å². The fraction of sp³-hybridized carbons (Fsp3) is 0.412. The number of nitrogens with two attached hydrogens (primary N) is 1. The van der Waals surface area contributed by atoms with Gasteiger partial charge in [-0.25, -0.2) is 9.98 Å². The predicted octanol–water partition coefficient (Wildman–Crippen LogP) is 3.86. The molecule has 0 aliphatic carbocycles. The van der Waals surface area contributed by atoms with Crippen LogP contribution < -0.4 is 5.73 Å². The number of thiocarbonyl (C=S) groups is 1. The van der Waals surface area contributed by atoms with Crippen molar-refractivity contribution in [1.29, 1.82) is 0 Å². The van der Waals surface area contributed by atoms with E-state index in [1.165, 1.54) is 0 Å². The first-order valence-electron chi connectivity index (χ1n) is 8.10. The van der Waals surface area contributed by atoms with E-state index in [0.29, 0.717) is 11.6 Å². The average Bonchev–Trinajstić information content (AvgIpc) is 2.98. The number of nitrogens with zero attached hydrogens (tertiary/aromatic N) is 3. The van der Waals surface area contributed by atoms with Crippen molar-refractivity contribution in [2.24, 2.45) is 15.7 Å². The normalized spacial score (nSPS) is 19.7. The van der Waals surface area contributed by atoms with Gasteiger partial charge in [-0.2, -0.15) is 13.2 Å². The summed E-state index contributed by atoms with van der Waals surface area (Å²) in [6.45, 7) is 5.84. The molecule has 0 saturated carbocycles. The largest absolute Gasteiger partial charge is 0.434 e. The molecule has 0 spiro atoms. The molecule has 0 bridgehead atoms. The Morgan fingerprint density at radius 3 is 2.58 bits per heavy atom. The summed E-state index contributed by atoms with van der Waals surface area (Å²) in [5.74, 6) is -0.283. The monoisotopic (exact) mass is 381 g/mol. The first-order chi connectivity index (χ1) is 12.1. The van der Waals surface area contributed by atoms with Gasteiger partial charge in [0.2, 0.25) is 0 Å². The third-order valence-electron chi connectivity index (χ3n) is 4.34. The van der Waals surface area contributed by atoms with E-state index in [0.717, 1.165) is 16.5 Å². The van der Waals surface area contributed by atoms with Crippen molar-refractivity contribution in [3.63, 3.8) is 0 Å². The van der Waals surface area contributed by atoms with Crippen LogP contribution in [0.2, 0.25) is 0 Å². The quantitative estimate of drug-likeness (QED) is 0.793. The highest BCUT2D eigenvalue weighted by Gasteiger charge is 2.42. The van der Waals surface area contributed by atoms with E-state index >= 15 is 0 Å². The molecule has 5 nitrogen and oxygen atoms in total. The van der Waals surface area contributed by atoms with Crippen LogP contribution in [0.15, 0.2) is 28.4 Å². The van der Waals surface area contributed by atoms with E-state index in [9.17, 15) is 13.2 Å². The average molecular weight is 381 g/mol. The summed E-state index contributed by atoms with van der Waals surface area (Å²) in [7, 11) is 0. The molecule has 0 radical (unpaired) electrons. The summed E-state index contributed by atoms with van der Waals surface area (Å²) in [6.07, 6.45) is -2.33. The van der Waals surface area contributed by atoms with Gasteiger partial charge < -0.3 is 10.7 Å². The highest BCUT2D eigenvalue weighted by molar-refractivity contribution is 7.82. The minimum atomic E-state index is -4.67. The fourth-order valence-electron chi connectivity index (χ4n) is 2.86. The molecule has 0 amide bonds. The lowest BCUT2D eigenvalue weighted by Crippen LogP contribution is -2.44. The lowest BCUT2D eigenvalue weighted by molar-refractivity contribution is -0.0566. The Kier molecular flexibility index (Phi) is 4.70. The number of aromatic nitrogens is 2. The van der Waals surface area contributed by atoms with Crippen LogP contribution in [0.3, 0.4) is 0 Å². The Morgan fingerprint density at radius 1 is 1.27 bits per heavy atom. The Morgan fingerprint density at radius 2 is 1.96 bits per heavy atom. The molecular weight excluding hydrogens is 363 g/mol. The second-order valence-electron chi connectivity index (χ2n) is 6.53. The number of amidine groups is 1. The maximum atomic E-state index is 13.2. The summed E-state index contributed by atoms with van der Waals surface area (Å²) >= 11 is 4.75. The first-order valence-corrected chi connectivity index (χ1v) is 8.50. The highest BCUT2D eigenvalue weighted by atomic mass is 32.1. The zero-order chi connectivity index (χ0) is 19.2. The van der Waals surface area contributed by atoms with Gasteiger partial charge >= 0.3 is 6.18 Å². The van der Waals surface area contributed by atoms with Crippen molar-refractivity contribution in [3.8, 4) is 0 Å². The lowest BCUT2D eigenvalue weighted by atomic mass is 9.99. The molecule has 0 fully saturated rings. The number of fused-ring (bicyclic) bond motifs is 1. The van der Waals surface area contributed by atoms with Crippen molar-refractivity contribution in [1.82, 2.24) is 9.97 Å². The van der Waals surface area contributed by atoms with Crippen molar-refractivity contribution >= 4 is 39.5 Å². The molecule has 0 aromatic carbocycles. The molecule has 2 atom stereocenters. The van der Waals surface area contributed by atoms with E-state index < -0.39 is 28.8 Å². The van der Waals surface area contributed by atoms with Gasteiger partial charge in [-0.15, -0.1) is 0 Å². The highest BCUT2D eigenvalue weighted by Crippen LogP contribution is 2.29. The molecule has 26 heavy (non-hydrogen) atoms. The summed E-state index contributed by atoms with van der Waals surface area (Å²) < 4.78 is 39.5. The minimum Gasteiger partial charge on any atom is -0.360 e. The van der Waals surface area contributed by atoms with Crippen LogP contribution >= 0.6 is 12.2 Å². The smallest absolute Gasteiger partial charge is 0.360 e.